The van der Waals surface area contributed by atoms with E-state index in [1.165, 1.54) is 11.3 Å². The Hall–Kier alpha value is -2.21. The van der Waals surface area contributed by atoms with Crippen LogP contribution in [0.2, 0.25) is 0 Å². The summed E-state index contributed by atoms with van der Waals surface area (Å²) in [6.07, 6.45) is 0.590. The van der Waals surface area contributed by atoms with Crippen molar-refractivity contribution in [1.82, 2.24) is 4.98 Å². The Bertz CT molecular complexity index is 724. The summed E-state index contributed by atoms with van der Waals surface area (Å²) in [4.78, 5) is 30.7. The predicted molar refractivity (Wildman–Crippen MR) is 87.6 cm³/mol. The molecule has 114 valence electrons. The molecule has 2 heterocycles. The van der Waals surface area contributed by atoms with E-state index in [0.29, 0.717) is 17.8 Å². The molecular formula is C16H17N3O2S. The highest BCUT2D eigenvalue weighted by atomic mass is 32.1. The van der Waals surface area contributed by atoms with Gasteiger partial charge in [0.05, 0.1) is 5.51 Å². The molecule has 22 heavy (non-hydrogen) atoms. The lowest BCUT2D eigenvalue weighted by Gasteiger charge is -2.30. The smallest absolute Gasteiger partial charge is 0.275 e. The molecule has 5 nitrogen and oxygen atoms in total. The Morgan fingerprint density at radius 3 is 2.86 bits per heavy atom. The number of benzene rings is 1. The molecule has 3 rings (SSSR count). The molecule has 6 heteroatoms. The van der Waals surface area contributed by atoms with E-state index in [-0.39, 0.29) is 17.7 Å². The number of rotatable bonds is 4. The maximum Gasteiger partial charge on any atom is 0.275 e. The Morgan fingerprint density at radius 1 is 1.41 bits per heavy atom. The van der Waals surface area contributed by atoms with E-state index >= 15 is 0 Å². The van der Waals surface area contributed by atoms with E-state index in [1.54, 1.807) is 10.4 Å². The topological polar surface area (TPSA) is 62.3 Å². The van der Waals surface area contributed by atoms with Crippen LogP contribution in [0.1, 0.15) is 41.6 Å². The summed E-state index contributed by atoms with van der Waals surface area (Å²) in [5.41, 5.74) is 3.66. The van der Waals surface area contributed by atoms with E-state index in [2.05, 4.69) is 10.3 Å². The van der Waals surface area contributed by atoms with Crippen LogP contribution in [-0.4, -0.2) is 23.3 Å². The Balaban J connectivity index is 1.78. The highest BCUT2D eigenvalue weighted by Crippen LogP contribution is 2.27. The molecule has 1 aliphatic heterocycles. The van der Waals surface area contributed by atoms with Crippen molar-refractivity contribution < 1.29 is 9.59 Å². The molecule has 2 aromatic rings. The Labute approximate surface area is 133 Å². The minimum Gasteiger partial charge on any atom is -0.321 e. The highest BCUT2D eigenvalue weighted by molar-refractivity contribution is 7.10. The standard InChI is InChI=1S/C16H17N3O2S/c1-10(2)15-14(17-9-22-15)16(21)18-11-4-3-5-12(8-11)19-7-6-13(19)20/h3-5,8-10H,6-7H2,1-2H3,(H,18,21). The lowest BCUT2D eigenvalue weighted by molar-refractivity contribution is -0.122. The number of nitrogens with zero attached hydrogens (tertiary/aromatic N) is 2. The van der Waals surface area contributed by atoms with Crippen LogP contribution in [0.5, 0.6) is 0 Å². The van der Waals surface area contributed by atoms with Gasteiger partial charge in [-0.25, -0.2) is 4.98 Å². The largest absolute Gasteiger partial charge is 0.321 e. The fraction of sp³-hybridized carbons (Fsp3) is 0.312. The molecule has 1 aliphatic rings. The number of β-lactam (4-membered cyclic amide) rings is 1. The molecule has 1 aromatic heterocycles. The summed E-state index contributed by atoms with van der Waals surface area (Å²) in [5, 5.41) is 2.87. The third-order valence-corrected chi connectivity index (χ3v) is 4.73. The van der Waals surface area contributed by atoms with Gasteiger partial charge in [0.25, 0.3) is 5.91 Å². The van der Waals surface area contributed by atoms with Crippen LogP contribution in [-0.2, 0) is 4.79 Å². The number of aromatic nitrogens is 1. The van der Waals surface area contributed by atoms with Gasteiger partial charge in [0.15, 0.2) is 0 Å². The SMILES string of the molecule is CC(C)c1scnc1C(=O)Nc1cccc(N2CCC2=O)c1. The van der Waals surface area contributed by atoms with Gasteiger partial charge in [0, 0.05) is 29.2 Å². The van der Waals surface area contributed by atoms with E-state index in [4.69, 9.17) is 0 Å². The Morgan fingerprint density at radius 2 is 2.23 bits per heavy atom. The van der Waals surface area contributed by atoms with Crippen molar-refractivity contribution in [3.63, 3.8) is 0 Å². The van der Waals surface area contributed by atoms with Crippen molar-refractivity contribution >= 4 is 34.5 Å². The average molecular weight is 315 g/mol. The molecule has 0 unspecified atom stereocenters. The summed E-state index contributed by atoms with van der Waals surface area (Å²) >= 11 is 1.49. The summed E-state index contributed by atoms with van der Waals surface area (Å²) in [5.74, 6) is 0.167. The quantitative estimate of drug-likeness (QED) is 0.881. The number of hydrogen-bond donors (Lipinski definition) is 1. The molecule has 0 radical (unpaired) electrons. The minimum atomic E-state index is -0.211. The second-order valence-corrected chi connectivity index (χ2v) is 6.41. The third kappa shape index (κ3) is 2.74. The lowest BCUT2D eigenvalue weighted by Crippen LogP contribution is -2.43. The van der Waals surface area contributed by atoms with Gasteiger partial charge < -0.3 is 10.2 Å². The summed E-state index contributed by atoms with van der Waals surface area (Å²) in [6.45, 7) is 4.82. The van der Waals surface area contributed by atoms with Gasteiger partial charge in [-0.3, -0.25) is 9.59 Å². The molecule has 2 amide bonds. The van der Waals surface area contributed by atoms with Crippen molar-refractivity contribution in [2.24, 2.45) is 0 Å². The number of carbonyl (C=O) groups excluding carboxylic acids is 2. The monoisotopic (exact) mass is 315 g/mol. The predicted octanol–water partition coefficient (Wildman–Crippen LogP) is 3.26. The third-order valence-electron chi connectivity index (χ3n) is 3.60. The first-order chi connectivity index (χ1) is 10.6. The van der Waals surface area contributed by atoms with Crippen LogP contribution in [0.3, 0.4) is 0 Å². The number of carbonyl (C=O) groups is 2. The summed E-state index contributed by atoms with van der Waals surface area (Å²) in [7, 11) is 0. The minimum absolute atomic E-state index is 0.116. The van der Waals surface area contributed by atoms with E-state index in [1.807, 2.05) is 38.1 Å². The fourth-order valence-electron chi connectivity index (χ4n) is 2.37. The van der Waals surface area contributed by atoms with Crippen LogP contribution < -0.4 is 10.2 Å². The molecule has 0 atom stereocenters. The molecule has 1 saturated heterocycles. The highest BCUT2D eigenvalue weighted by Gasteiger charge is 2.25. The first-order valence-corrected chi connectivity index (χ1v) is 8.09. The molecule has 1 N–H and O–H groups in total. The van der Waals surface area contributed by atoms with Gasteiger partial charge in [-0.1, -0.05) is 19.9 Å². The van der Waals surface area contributed by atoms with Crippen LogP contribution in [0.15, 0.2) is 29.8 Å². The maximum atomic E-state index is 12.4. The molecular weight excluding hydrogens is 298 g/mol. The van der Waals surface area contributed by atoms with Crippen molar-refractivity contribution in [3.05, 3.63) is 40.3 Å². The van der Waals surface area contributed by atoms with Gasteiger partial charge in [0.2, 0.25) is 5.91 Å². The number of amides is 2. The molecule has 1 fully saturated rings. The van der Waals surface area contributed by atoms with Crippen LogP contribution in [0.25, 0.3) is 0 Å². The van der Waals surface area contributed by atoms with Gasteiger partial charge >= 0.3 is 0 Å². The van der Waals surface area contributed by atoms with Crippen molar-refractivity contribution in [3.8, 4) is 0 Å². The zero-order valence-electron chi connectivity index (χ0n) is 12.5. The molecule has 0 saturated carbocycles. The molecule has 0 spiro atoms. The van der Waals surface area contributed by atoms with Crippen LogP contribution >= 0.6 is 11.3 Å². The molecule has 0 aliphatic carbocycles. The number of nitrogens with one attached hydrogen (secondary N) is 1. The summed E-state index contributed by atoms with van der Waals surface area (Å²) in [6, 6.07) is 7.33. The maximum absolute atomic E-state index is 12.4. The van der Waals surface area contributed by atoms with Crippen molar-refractivity contribution in [1.29, 1.82) is 0 Å². The Kier molecular flexibility index (Phi) is 3.94. The van der Waals surface area contributed by atoms with Crippen LogP contribution in [0.4, 0.5) is 11.4 Å². The number of anilines is 2. The average Bonchev–Trinajstić information content (AvgIpc) is 2.96. The number of hydrogen-bond acceptors (Lipinski definition) is 4. The van der Waals surface area contributed by atoms with Gasteiger partial charge in [-0.2, -0.15) is 0 Å². The first kappa shape index (κ1) is 14.7. The normalized spacial score (nSPS) is 14.1. The molecule has 0 bridgehead atoms. The van der Waals surface area contributed by atoms with Crippen LogP contribution in [0, 0.1) is 0 Å². The van der Waals surface area contributed by atoms with Gasteiger partial charge in [0.1, 0.15) is 5.69 Å². The van der Waals surface area contributed by atoms with Crippen molar-refractivity contribution in [2.45, 2.75) is 26.2 Å². The zero-order valence-corrected chi connectivity index (χ0v) is 13.3. The summed E-state index contributed by atoms with van der Waals surface area (Å²) < 4.78 is 0. The van der Waals surface area contributed by atoms with Crippen molar-refractivity contribution in [2.75, 3.05) is 16.8 Å². The lowest BCUT2D eigenvalue weighted by atomic mass is 10.1. The van der Waals surface area contributed by atoms with Gasteiger partial charge in [-0.05, 0) is 24.1 Å². The van der Waals surface area contributed by atoms with E-state index in [9.17, 15) is 9.59 Å². The van der Waals surface area contributed by atoms with E-state index in [0.717, 1.165) is 17.1 Å². The second-order valence-electron chi connectivity index (χ2n) is 5.52. The van der Waals surface area contributed by atoms with E-state index < -0.39 is 0 Å². The van der Waals surface area contributed by atoms with Gasteiger partial charge in [-0.15, -0.1) is 11.3 Å². The molecule has 1 aromatic carbocycles. The zero-order chi connectivity index (χ0) is 15.7. The number of thiazole rings is 1. The first-order valence-electron chi connectivity index (χ1n) is 7.21. The second kappa shape index (κ2) is 5.88. The fourth-order valence-corrected chi connectivity index (χ4v) is 3.17.